The van der Waals surface area contributed by atoms with Crippen LogP contribution in [0.5, 0.6) is 0 Å². The van der Waals surface area contributed by atoms with Crippen LogP contribution >= 0.6 is 0 Å². The zero-order valence-corrected chi connectivity index (χ0v) is 12.3. The first-order chi connectivity index (χ1) is 9.85. The van der Waals surface area contributed by atoms with Crippen molar-refractivity contribution in [2.45, 2.75) is 25.9 Å². The van der Waals surface area contributed by atoms with Gasteiger partial charge in [0.25, 0.3) is 0 Å². The lowest BCUT2D eigenvalue weighted by molar-refractivity contribution is -0.156. The largest absolute Gasteiger partial charge is 0.468 e. The molecule has 0 radical (unpaired) electrons. The molecular weight excluding hydrogens is 270 g/mol. The number of esters is 1. The Kier molecular flexibility index (Phi) is 3.84. The number of rotatable bonds is 3. The average molecular weight is 287 g/mol. The molecule has 0 bridgehead atoms. The van der Waals surface area contributed by atoms with Crippen LogP contribution < -0.4 is 0 Å². The van der Waals surface area contributed by atoms with Crippen LogP contribution in [0.2, 0.25) is 0 Å². The number of carbonyl (C=O) groups excluding carboxylic acids is 2. The Morgan fingerprint density at radius 2 is 2.00 bits per heavy atom. The van der Waals surface area contributed by atoms with Gasteiger partial charge in [-0.25, -0.2) is 0 Å². The first kappa shape index (κ1) is 15.2. The van der Waals surface area contributed by atoms with Crippen LogP contribution in [-0.2, 0) is 25.5 Å². The highest BCUT2D eigenvalue weighted by molar-refractivity contribution is 6.09. The molecule has 1 aromatic carbocycles. The highest BCUT2D eigenvalue weighted by atomic mass is 16.5. The summed E-state index contributed by atoms with van der Waals surface area (Å²) in [4.78, 5) is 24.8. The minimum absolute atomic E-state index is 0.00546. The van der Waals surface area contributed by atoms with Crippen molar-refractivity contribution >= 4 is 11.8 Å². The summed E-state index contributed by atoms with van der Waals surface area (Å²) in [5, 5.41) is 8.80. The summed E-state index contributed by atoms with van der Waals surface area (Å²) in [6.45, 7) is 3.31. The predicted molar refractivity (Wildman–Crippen MR) is 74.3 cm³/mol. The Morgan fingerprint density at radius 1 is 1.38 bits per heavy atom. The molecule has 2 rings (SSSR count). The lowest BCUT2D eigenvalue weighted by Gasteiger charge is -2.24. The van der Waals surface area contributed by atoms with E-state index < -0.39 is 17.0 Å². The van der Waals surface area contributed by atoms with Crippen LogP contribution in [0.1, 0.15) is 25.0 Å². The van der Waals surface area contributed by atoms with Gasteiger partial charge in [-0.1, -0.05) is 12.1 Å². The van der Waals surface area contributed by atoms with E-state index in [0.717, 1.165) is 5.56 Å². The first-order valence-corrected chi connectivity index (χ1v) is 6.62. The van der Waals surface area contributed by atoms with Crippen molar-refractivity contribution in [1.82, 2.24) is 0 Å². The standard InChI is InChI=1S/C16H17NO4/c1-15(2)13(18)16(10-21-15,14(19)20-3)8-11-4-6-12(9-17)7-5-11/h4-7H,8,10H2,1-3H3. The Labute approximate surface area is 123 Å². The maximum Gasteiger partial charge on any atom is 0.322 e. The predicted octanol–water partition coefficient (Wildman–Crippen LogP) is 1.64. The maximum atomic E-state index is 12.6. The van der Waals surface area contributed by atoms with E-state index >= 15 is 0 Å². The van der Waals surface area contributed by atoms with Gasteiger partial charge in [0.1, 0.15) is 5.60 Å². The van der Waals surface area contributed by atoms with Crippen molar-refractivity contribution in [3.8, 4) is 6.07 Å². The number of benzene rings is 1. The fraction of sp³-hybridized carbons (Fsp3) is 0.438. The topological polar surface area (TPSA) is 76.4 Å². The molecule has 1 fully saturated rings. The molecule has 0 amide bonds. The zero-order chi connectivity index (χ0) is 15.7. The number of hydrogen-bond acceptors (Lipinski definition) is 5. The third-order valence-corrected chi connectivity index (χ3v) is 3.83. The van der Waals surface area contributed by atoms with Crippen LogP contribution in [0.4, 0.5) is 0 Å². The molecule has 1 heterocycles. The highest BCUT2D eigenvalue weighted by Gasteiger charge is 2.58. The number of ether oxygens (including phenoxy) is 2. The molecule has 1 atom stereocenters. The number of nitrogens with zero attached hydrogens (tertiary/aromatic N) is 1. The van der Waals surface area contributed by atoms with Crippen LogP contribution in [0.15, 0.2) is 24.3 Å². The second kappa shape index (κ2) is 5.30. The minimum Gasteiger partial charge on any atom is -0.468 e. The third-order valence-electron chi connectivity index (χ3n) is 3.83. The molecule has 1 unspecified atom stereocenters. The second-order valence-corrected chi connectivity index (χ2v) is 5.69. The summed E-state index contributed by atoms with van der Waals surface area (Å²) in [5.41, 5.74) is -0.998. The lowest BCUT2D eigenvalue weighted by Crippen LogP contribution is -2.45. The monoisotopic (exact) mass is 287 g/mol. The van der Waals surface area contributed by atoms with Crippen LogP contribution in [0.3, 0.4) is 0 Å². The molecule has 1 aliphatic heterocycles. The van der Waals surface area contributed by atoms with Crippen molar-refractivity contribution in [2.24, 2.45) is 5.41 Å². The Balaban J connectivity index is 2.36. The van der Waals surface area contributed by atoms with E-state index in [9.17, 15) is 9.59 Å². The molecule has 0 spiro atoms. The molecule has 1 saturated heterocycles. The van der Waals surface area contributed by atoms with Gasteiger partial charge in [-0.3, -0.25) is 9.59 Å². The molecule has 0 N–H and O–H groups in total. The van der Waals surface area contributed by atoms with Gasteiger partial charge in [0.2, 0.25) is 0 Å². The number of carbonyl (C=O) groups is 2. The van der Waals surface area contributed by atoms with Crippen LogP contribution in [-0.4, -0.2) is 31.1 Å². The molecule has 110 valence electrons. The molecule has 5 nitrogen and oxygen atoms in total. The SMILES string of the molecule is COC(=O)C1(Cc2ccc(C#N)cc2)COC(C)(C)C1=O. The zero-order valence-electron chi connectivity index (χ0n) is 12.3. The molecular formula is C16H17NO4. The molecule has 0 aliphatic carbocycles. The van der Waals surface area contributed by atoms with Crippen molar-refractivity contribution < 1.29 is 19.1 Å². The first-order valence-electron chi connectivity index (χ1n) is 6.62. The van der Waals surface area contributed by atoms with Gasteiger partial charge in [0.15, 0.2) is 11.2 Å². The number of hydrogen-bond donors (Lipinski definition) is 0. The smallest absolute Gasteiger partial charge is 0.322 e. The fourth-order valence-corrected chi connectivity index (χ4v) is 2.61. The van der Waals surface area contributed by atoms with Gasteiger partial charge in [0.05, 0.1) is 25.3 Å². The van der Waals surface area contributed by atoms with Crippen molar-refractivity contribution in [1.29, 1.82) is 5.26 Å². The van der Waals surface area contributed by atoms with Gasteiger partial charge in [-0.15, -0.1) is 0 Å². The summed E-state index contributed by atoms with van der Waals surface area (Å²) < 4.78 is 10.3. The summed E-state index contributed by atoms with van der Waals surface area (Å²) in [7, 11) is 1.27. The van der Waals surface area contributed by atoms with E-state index in [-0.39, 0.29) is 18.8 Å². The number of ketones is 1. The Bertz CT molecular complexity index is 612. The van der Waals surface area contributed by atoms with Crippen molar-refractivity contribution in [3.05, 3.63) is 35.4 Å². The van der Waals surface area contributed by atoms with E-state index in [4.69, 9.17) is 14.7 Å². The summed E-state index contributed by atoms with van der Waals surface area (Å²) in [6.07, 6.45) is 0.202. The quantitative estimate of drug-likeness (QED) is 0.624. The number of Topliss-reactive ketones (excluding diaryl/α,β-unsaturated/α-hetero) is 1. The van der Waals surface area contributed by atoms with Gasteiger partial charge in [-0.2, -0.15) is 5.26 Å². The summed E-state index contributed by atoms with van der Waals surface area (Å²) >= 11 is 0. The normalized spacial score (nSPS) is 23.6. The Hall–Kier alpha value is -2.19. The number of methoxy groups -OCH3 is 1. The van der Waals surface area contributed by atoms with E-state index in [2.05, 4.69) is 0 Å². The van der Waals surface area contributed by atoms with Gasteiger partial charge in [0, 0.05) is 0 Å². The molecule has 21 heavy (non-hydrogen) atoms. The van der Waals surface area contributed by atoms with Crippen LogP contribution in [0, 0.1) is 16.7 Å². The van der Waals surface area contributed by atoms with Crippen LogP contribution in [0.25, 0.3) is 0 Å². The molecule has 0 aromatic heterocycles. The number of nitriles is 1. The van der Waals surface area contributed by atoms with E-state index in [1.165, 1.54) is 7.11 Å². The molecule has 0 saturated carbocycles. The fourth-order valence-electron chi connectivity index (χ4n) is 2.61. The maximum absolute atomic E-state index is 12.6. The third kappa shape index (κ3) is 2.55. The summed E-state index contributed by atoms with van der Waals surface area (Å²) in [6, 6.07) is 8.82. The lowest BCUT2D eigenvalue weighted by atomic mass is 9.76. The molecule has 1 aliphatic rings. The Morgan fingerprint density at radius 3 is 2.43 bits per heavy atom. The van der Waals surface area contributed by atoms with E-state index in [1.54, 1.807) is 38.1 Å². The van der Waals surface area contributed by atoms with Gasteiger partial charge >= 0.3 is 5.97 Å². The summed E-state index contributed by atoms with van der Waals surface area (Å²) in [5.74, 6) is -0.853. The molecule has 1 aromatic rings. The van der Waals surface area contributed by atoms with Crippen molar-refractivity contribution in [3.63, 3.8) is 0 Å². The average Bonchev–Trinajstić information content (AvgIpc) is 2.72. The van der Waals surface area contributed by atoms with E-state index in [1.807, 2.05) is 6.07 Å². The minimum atomic E-state index is -1.31. The molecule has 5 heteroatoms. The van der Waals surface area contributed by atoms with Gasteiger partial charge in [-0.05, 0) is 38.0 Å². The van der Waals surface area contributed by atoms with Gasteiger partial charge < -0.3 is 9.47 Å². The van der Waals surface area contributed by atoms with Crippen molar-refractivity contribution in [2.75, 3.05) is 13.7 Å². The highest BCUT2D eigenvalue weighted by Crippen LogP contribution is 2.39. The van der Waals surface area contributed by atoms with E-state index in [0.29, 0.717) is 5.56 Å². The second-order valence-electron chi connectivity index (χ2n) is 5.69.